The van der Waals surface area contributed by atoms with Crippen LogP contribution in [0.15, 0.2) is 24.3 Å². The van der Waals surface area contributed by atoms with Crippen LogP contribution < -0.4 is 4.74 Å². The van der Waals surface area contributed by atoms with E-state index in [4.69, 9.17) is 11.2 Å². The zero-order valence-corrected chi connectivity index (χ0v) is 15.9. The Hall–Kier alpha value is -1.99. The van der Waals surface area contributed by atoms with Crippen molar-refractivity contribution >= 4 is 5.91 Å². The third-order valence-electron chi connectivity index (χ3n) is 5.99. The molecule has 1 aromatic rings. The highest BCUT2D eigenvalue weighted by Gasteiger charge is 2.43. The van der Waals surface area contributed by atoms with Crippen LogP contribution in [-0.4, -0.2) is 55.5 Å². The number of benzene rings is 1. The summed E-state index contributed by atoms with van der Waals surface area (Å²) in [4.78, 5) is 18.0. The average Bonchev–Trinajstić information content (AvgIpc) is 2.72. The Balaban J connectivity index is 1.75. The number of piperazine rings is 1. The molecular formula is C22H30N2O2. The standard InChI is InChI=1S/C22H30N2O2/c1-3-4-14-23-15-17-24(18-16-23)21(25)22(12-6-5-7-13-22)19-8-10-20(26-2)11-9-19/h1,8-11H,4-7,12-18H2,2H3. The van der Waals surface area contributed by atoms with Crippen LogP contribution in [0.5, 0.6) is 5.75 Å². The molecule has 1 heterocycles. The summed E-state index contributed by atoms with van der Waals surface area (Å²) in [5, 5.41) is 0. The molecule has 0 aromatic heterocycles. The number of hydrogen-bond donors (Lipinski definition) is 0. The van der Waals surface area contributed by atoms with Crippen LogP contribution in [0.2, 0.25) is 0 Å². The second-order valence-electron chi connectivity index (χ2n) is 7.46. The first-order chi connectivity index (χ1) is 12.7. The fourth-order valence-corrected chi connectivity index (χ4v) is 4.39. The van der Waals surface area contributed by atoms with Crippen molar-refractivity contribution in [3.8, 4) is 18.1 Å². The number of nitrogens with zero attached hydrogens (tertiary/aromatic N) is 2. The number of terminal acetylenes is 1. The fourth-order valence-electron chi connectivity index (χ4n) is 4.39. The average molecular weight is 354 g/mol. The molecule has 0 atom stereocenters. The van der Waals surface area contributed by atoms with Gasteiger partial charge in [-0.15, -0.1) is 12.3 Å². The van der Waals surface area contributed by atoms with Gasteiger partial charge >= 0.3 is 0 Å². The summed E-state index contributed by atoms with van der Waals surface area (Å²) in [7, 11) is 1.68. The van der Waals surface area contributed by atoms with Gasteiger partial charge in [-0.25, -0.2) is 0 Å². The van der Waals surface area contributed by atoms with Gasteiger partial charge in [-0.2, -0.15) is 0 Å². The largest absolute Gasteiger partial charge is 0.497 e. The van der Waals surface area contributed by atoms with Crippen LogP contribution >= 0.6 is 0 Å². The highest BCUT2D eigenvalue weighted by atomic mass is 16.5. The number of amides is 1. The Morgan fingerprint density at radius 2 is 1.77 bits per heavy atom. The monoisotopic (exact) mass is 354 g/mol. The molecule has 26 heavy (non-hydrogen) atoms. The van der Waals surface area contributed by atoms with Gasteiger partial charge in [0.25, 0.3) is 0 Å². The van der Waals surface area contributed by atoms with Gasteiger partial charge in [-0.1, -0.05) is 31.4 Å². The molecule has 2 aliphatic rings. The number of hydrogen-bond acceptors (Lipinski definition) is 3. The summed E-state index contributed by atoms with van der Waals surface area (Å²) in [5.74, 6) is 3.87. The minimum Gasteiger partial charge on any atom is -0.497 e. The second kappa shape index (κ2) is 8.60. The lowest BCUT2D eigenvalue weighted by molar-refractivity contribution is -0.140. The Morgan fingerprint density at radius 1 is 1.12 bits per heavy atom. The van der Waals surface area contributed by atoms with E-state index >= 15 is 0 Å². The lowest BCUT2D eigenvalue weighted by atomic mass is 9.68. The molecule has 1 aliphatic carbocycles. The maximum atomic E-state index is 13.6. The van der Waals surface area contributed by atoms with E-state index in [2.05, 4.69) is 27.9 Å². The summed E-state index contributed by atoms with van der Waals surface area (Å²) in [6, 6.07) is 8.14. The molecule has 0 bridgehead atoms. The number of rotatable bonds is 5. The lowest BCUT2D eigenvalue weighted by Gasteiger charge is -2.43. The number of methoxy groups -OCH3 is 1. The van der Waals surface area contributed by atoms with E-state index in [0.717, 1.165) is 76.1 Å². The van der Waals surface area contributed by atoms with E-state index in [9.17, 15) is 4.79 Å². The Labute approximate surface area is 157 Å². The first-order valence-electron chi connectivity index (χ1n) is 9.79. The highest BCUT2D eigenvalue weighted by Crippen LogP contribution is 2.41. The van der Waals surface area contributed by atoms with Crippen molar-refractivity contribution in [1.29, 1.82) is 0 Å². The first-order valence-corrected chi connectivity index (χ1v) is 9.79. The van der Waals surface area contributed by atoms with E-state index < -0.39 is 0 Å². The van der Waals surface area contributed by atoms with E-state index in [0.29, 0.717) is 5.91 Å². The maximum absolute atomic E-state index is 13.6. The van der Waals surface area contributed by atoms with Gasteiger partial charge in [0.2, 0.25) is 5.91 Å². The van der Waals surface area contributed by atoms with Gasteiger partial charge < -0.3 is 9.64 Å². The summed E-state index contributed by atoms with van der Waals surface area (Å²) in [5.41, 5.74) is 0.795. The molecule has 1 amide bonds. The topological polar surface area (TPSA) is 32.8 Å². The molecule has 0 N–H and O–H groups in total. The van der Waals surface area contributed by atoms with Crippen molar-refractivity contribution in [2.24, 2.45) is 0 Å². The van der Waals surface area contributed by atoms with Crippen molar-refractivity contribution in [1.82, 2.24) is 9.80 Å². The molecule has 4 nitrogen and oxygen atoms in total. The third-order valence-corrected chi connectivity index (χ3v) is 5.99. The Bertz CT molecular complexity index is 633. The minimum absolute atomic E-state index is 0.318. The van der Waals surface area contributed by atoms with Gasteiger partial charge in [-0.05, 0) is 30.5 Å². The number of carbonyl (C=O) groups is 1. The zero-order chi connectivity index (χ0) is 18.4. The summed E-state index contributed by atoms with van der Waals surface area (Å²) >= 11 is 0. The Kier molecular flexibility index (Phi) is 6.21. The molecule has 1 aromatic carbocycles. The van der Waals surface area contributed by atoms with Gasteiger partial charge in [0, 0.05) is 39.1 Å². The molecule has 1 saturated heterocycles. The van der Waals surface area contributed by atoms with Crippen LogP contribution in [0.4, 0.5) is 0 Å². The second-order valence-corrected chi connectivity index (χ2v) is 7.46. The van der Waals surface area contributed by atoms with Crippen LogP contribution in [0.25, 0.3) is 0 Å². The molecule has 3 rings (SSSR count). The third kappa shape index (κ3) is 3.88. The predicted octanol–water partition coefficient (Wildman–Crippen LogP) is 3.06. The summed E-state index contributed by atoms with van der Waals surface area (Å²) in [6.07, 6.45) is 11.5. The van der Waals surface area contributed by atoms with Gasteiger partial charge in [-0.3, -0.25) is 9.69 Å². The molecule has 1 aliphatic heterocycles. The van der Waals surface area contributed by atoms with Gasteiger partial charge in [0.15, 0.2) is 0 Å². The van der Waals surface area contributed by atoms with Crippen molar-refractivity contribution in [2.75, 3.05) is 39.8 Å². The first kappa shape index (κ1) is 18.8. The van der Waals surface area contributed by atoms with E-state index in [-0.39, 0.29) is 5.41 Å². The SMILES string of the molecule is C#CCCN1CCN(C(=O)C2(c3ccc(OC)cc3)CCCCC2)CC1. The molecule has 0 spiro atoms. The molecule has 1 saturated carbocycles. The van der Waals surface area contributed by atoms with Crippen LogP contribution in [0.1, 0.15) is 44.1 Å². The summed E-state index contributed by atoms with van der Waals surface area (Å²) in [6.45, 7) is 4.39. The minimum atomic E-state index is -0.356. The lowest BCUT2D eigenvalue weighted by Crippen LogP contribution is -2.55. The maximum Gasteiger partial charge on any atom is 0.233 e. The number of ether oxygens (including phenoxy) is 1. The van der Waals surface area contributed by atoms with E-state index in [1.807, 2.05) is 12.1 Å². The predicted molar refractivity (Wildman–Crippen MR) is 104 cm³/mol. The van der Waals surface area contributed by atoms with Gasteiger partial charge in [0.05, 0.1) is 12.5 Å². The summed E-state index contributed by atoms with van der Waals surface area (Å²) < 4.78 is 5.30. The van der Waals surface area contributed by atoms with Crippen molar-refractivity contribution < 1.29 is 9.53 Å². The highest BCUT2D eigenvalue weighted by molar-refractivity contribution is 5.88. The number of carbonyl (C=O) groups excluding carboxylic acids is 1. The molecule has 0 radical (unpaired) electrons. The smallest absolute Gasteiger partial charge is 0.233 e. The Morgan fingerprint density at radius 3 is 2.35 bits per heavy atom. The van der Waals surface area contributed by atoms with E-state index in [1.165, 1.54) is 6.42 Å². The zero-order valence-electron chi connectivity index (χ0n) is 15.9. The molecule has 4 heteroatoms. The molecule has 2 fully saturated rings. The van der Waals surface area contributed by atoms with Crippen molar-refractivity contribution in [3.63, 3.8) is 0 Å². The van der Waals surface area contributed by atoms with E-state index in [1.54, 1.807) is 7.11 Å². The normalized spacial score (nSPS) is 20.4. The molecular weight excluding hydrogens is 324 g/mol. The molecule has 0 unspecified atom stereocenters. The quantitative estimate of drug-likeness (QED) is 0.762. The fraction of sp³-hybridized carbons (Fsp3) is 0.591. The van der Waals surface area contributed by atoms with Crippen molar-refractivity contribution in [2.45, 2.75) is 43.9 Å². The van der Waals surface area contributed by atoms with Crippen LogP contribution in [0.3, 0.4) is 0 Å². The van der Waals surface area contributed by atoms with Crippen LogP contribution in [-0.2, 0) is 10.2 Å². The van der Waals surface area contributed by atoms with Crippen LogP contribution in [0, 0.1) is 12.3 Å². The van der Waals surface area contributed by atoms with Gasteiger partial charge in [0.1, 0.15) is 5.75 Å². The molecule has 140 valence electrons. The van der Waals surface area contributed by atoms with Crippen molar-refractivity contribution in [3.05, 3.63) is 29.8 Å².